The van der Waals surface area contributed by atoms with Crippen molar-refractivity contribution in [3.8, 4) is 11.8 Å². The van der Waals surface area contributed by atoms with Crippen molar-refractivity contribution in [2.45, 2.75) is 40.2 Å². The average Bonchev–Trinajstić information content (AvgIpc) is 2.95. The lowest BCUT2D eigenvalue weighted by Crippen LogP contribution is -2.10. The van der Waals surface area contributed by atoms with Crippen molar-refractivity contribution in [3.05, 3.63) is 39.5 Å². The van der Waals surface area contributed by atoms with Crippen LogP contribution in [0.5, 0.6) is 5.75 Å². The summed E-state index contributed by atoms with van der Waals surface area (Å²) in [5.74, 6) is -1.24. The molecule has 0 amide bonds. The summed E-state index contributed by atoms with van der Waals surface area (Å²) < 4.78 is 10.6. The van der Waals surface area contributed by atoms with Crippen LogP contribution in [0.1, 0.15) is 52.9 Å². The summed E-state index contributed by atoms with van der Waals surface area (Å²) in [6.07, 6.45) is 2.68. The molecule has 0 radical (unpaired) electrons. The first-order chi connectivity index (χ1) is 11.8. The van der Waals surface area contributed by atoms with Gasteiger partial charge in [0.25, 0.3) is 0 Å². The van der Waals surface area contributed by atoms with Crippen LogP contribution in [0, 0.1) is 24.2 Å². The molecular weight excluding hydrogens is 322 g/mol. The van der Waals surface area contributed by atoms with Crippen LogP contribution in [0.4, 0.5) is 0 Å². The van der Waals surface area contributed by atoms with Crippen molar-refractivity contribution < 1.29 is 24.2 Å². The van der Waals surface area contributed by atoms with Gasteiger partial charge in [-0.3, -0.25) is 4.79 Å². The van der Waals surface area contributed by atoms with E-state index in [4.69, 9.17) is 14.6 Å². The van der Waals surface area contributed by atoms with E-state index in [1.54, 1.807) is 6.92 Å². The van der Waals surface area contributed by atoms with E-state index in [0.29, 0.717) is 35.3 Å². The van der Waals surface area contributed by atoms with Crippen LogP contribution < -0.4 is 4.74 Å². The number of aliphatic carboxylic acids is 1. The van der Waals surface area contributed by atoms with Crippen LogP contribution >= 0.6 is 0 Å². The molecule has 1 atom stereocenters. The normalized spacial score (nSPS) is 14.5. The van der Waals surface area contributed by atoms with Gasteiger partial charge in [0.15, 0.2) is 0 Å². The first-order valence-corrected chi connectivity index (χ1v) is 7.99. The molecule has 0 bridgehead atoms. The number of carbonyl (C=O) groups is 2. The number of hydrogen-bond acceptors (Lipinski definition) is 5. The molecule has 1 aliphatic rings. The van der Waals surface area contributed by atoms with E-state index in [1.807, 2.05) is 19.9 Å². The third kappa shape index (κ3) is 3.50. The molecule has 1 heterocycles. The predicted octanol–water partition coefficient (Wildman–Crippen LogP) is 3.15. The van der Waals surface area contributed by atoms with Gasteiger partial charge in [0.1, 0.15) is 18.4 Å². The van der Waals surface area contributed by atoms with Gasteiger partial charge in [0.05, 0.1) is 24.2 Å². The lowest BCUT2D eigenvalue weighted by Gasteiger charge is -2.16. The number of esters is 1. The molecule has 6 heteroatoms. The Balaban J connectivity index is 2.46. The highest BCUT2D eigenvalue weighted by Crippen LogP contribution is 2.37. The number of allylic oxidation sites excluding steroid dienone is 2. The van der Waals surface area contributed by atoms with E-state index in [0.717, 1.165) is 11.1 Å². The first kappa shape index (κ1) is 18.5. The second-order valence-electron chi connectivity index (χ2n) is 6.25. The van der Waals surface area contributed by atoms with Gasteiger partial charge >= 0.3 is 11.9 Å². The summed E-state index contributed by atoms with van der Waals surface area (Å²) in [4.78, 5) is 23.0. The number of methoxy groups -OCH3 is 1. The summed E-state index contributed by atoms with van der Waals surface area (Å²) in [6.45, 7) is 5.49. The lowest BCUT2D eigenvalue weighted by atomic mass is 9.90. The molecular formula is C19H21NO5. The maximum atomic E-state index is 12.0. The molecule has 1 aromatic rings. The number of ether oxygens (including phenoxy) is 2. The zero-order valence-corrected chi connectivity index (χ0v) is 14.8. The van der Waals surface area contributed by atoms with E-state index in [1.165, 1.54) is 7.11 Å². The Bertz CT molecular complexity index is 801. The minimum atomic E-state index is -0.848. The van der Waals surface area contributed by atoms with Crippen LogP contribution in [0.2, 0.25) is 0 Å². The van der Waals surface area contributed by atoms with Crippen LogP contribution in [0.25, 0.3) is 0 Å². The Labute approximate surface area is 146 Å². The SMILES string of the molecule is COc1c(C)c2c(c(C#N)c1C/C=C(\C)C[C@H](C)C(=O)O)C(=O)OC2. The highest BCUT2D eigenvalue weighted by atomic mass is 16.5. The molecule has 0 aromatic heterocycles. The second kappa shape index (κ2) is 7.39. The van der Waals surface area contributed by atoms with Gasteiger partial charge in [-0.2, -0.15) is 5.26 Å². The minimum Gasteiger partial charge on any atom is -0.496 e. The number of hydrogen-bond donors (Lipinski definition) is 1. The van der Waals surface area contributed by atoms with Crippen LogP contribution in [0.3, 0.4) is 0 Å². The van der Waals surface area contributed by atoms with E-state index < -0.39 is 17.9 Å². The fourth-order valence-corrected chi connectivity index (χ4v) is 3.11. The summed E-state index contributed by atoms with van der Waals surface area (Å²) in [7, 11) is 1.53. The van der Waals surface area contributed by atoms with Crippen molar-refractivity contribution in [3.63, 3.8) is 0 Å². The van der Waals surface area contributed by atoms with Crippen LogP contribution in [0.15, 0.2) is 11.6 Å². The molecule has 0 saturated heterocycles. The summed E-state index contributed by atoms with van der Waals surface area (Å²) in [5.41, 5.74) is 3.62. The Morgan fingerprint density at radius 3 is 2.76 bits per heavy atom. The van der Waals surface area contributed by atoms with Crippen molar-refractivity contribution in [1.82, 2.24) is 0 Å². The number of rotatable bonds is 6. The Hall–Kier alpha value is -2.81. The third-order valence-electron chi connectivity index (χ3n) is 4.49. The molecule has 1 aromatic carbocycles. The fourth-order valence-electron chi connectivity index (χ4n) is 3.11. The van der Waals surface area contributed by atoms with Gasteiger partial charge in [0, 0.05) is 11.1 Å². The van der Waals surface area contributed by atoms with Crippen molar-refractivity contribution in [2.75, 3.05) is 7.11 Å². The Morgan fingerprint density at radius 2 is 2.20 bits per heavy atom. The van der Waals surface area contributed by atoms with Gasteiger partial charge in [-0.25, -0.2) is 4.79 Å². The minimum absolute atomic E-state index is 0.149. The highest BCUT2D eigenvalue weighted by Gasteiger charge is 2.31. The Kier molecular flexibility index (Phi) is 5.48. The van der Waals surface area contributed by atoms with E-state index in [9.17, 15) is 14.9 Å². The molecule has 0 saturated carbocycles. The first-order valence-electron chi connectivity index (χ1n) is 7.99. The molecule has 0 unspecified atom stereocenters. The zero-order valence-electron chi connectivity index (χ0n) is 14.8. The van der Waals surface area contributed by atoms with Gasteiger partial charge in [-0.15, -0.1) is 0 Å². The lowest BCUT2D eigenvalue weighted by molar-refractivity contribution is -0.141. The summed E-state index contributed by atoms with van der Waals surface area (Å²) in [5, 5.41) is 18.6. The van der Waals surface area contributed by atoms with Gasteiger partial charge in [-0.1, -0.05) is 18.6 Å². The number of benzene rings is 1. The van der Waals surface area contributed by atoms with Gasteiger partial charge in [0.2, 0.25) is 0 Å². The van der Waals surface area contributed by atoms with Crippen LogP contribution in [-0.2, 0) is 22.6 Å². The molecule has 1 N–H and O–H groups in total. The molecule has 0 aliphatic carbocycles. The standard InChI is InChI=1S/C19H21NO5/c1-10(7-11(2)18(21)22)5-6-13-14(8-20)16-15(9-25-19(16)23)12(3)17(13)24-4/h5,11H,6-7,9H2,1-4H3,(H,21,22)/b10-5+/t11-/m0/s1. The van der Waals surface area contributed by atoms with E-state index >= 15 is 0 Å². The largest absolute Gasteiger partial charge is 0.496 e. The maximum absolute atomic E-state index is 12.0. The van der Waals surface area contributed by atoms with E-state index in [2.05, 4.69) is 6.07 Å². The maximum Gasteiger partial charge on any atom is 0.340 e. The second-order valence-corrected chi connectivity index (χ2v) is 6.25. The Morgan fingerprint density at radius 1 is 1.52 bits per heavy atom. The quantitative estimate of drug-likeness (QED) is 0.629. The van der Waals surface area contributed by atoms with Crippen molar-refractivity contribution in [1.29, 1.82) is 5.26 Å². The fraction of sp³-hybridized carbons (Fsp3) is 0.421. The number of carbonyl (C=O) groups excluding carboxylic acids is 1. The van der Waals surface area contributed by atoms with Gasteiger partial charge < -0.3 is 14.6 Å². The van der Waals surface area contributed by atoms with Crippen molar-refractivity contribution >= 4 is 11.9 Å². The summed E-state index contributed by atoms with van der Waals surface area (Å²) in [6, 6.07) is 2.11. The number of carboxylic acids is 1. The number of carboxylic acid groups (broad SMARTS) is 1. The summed E-state index contributed by atoms with van der Waals surface area (Å²) >= 11 is 0. The third-order valence-corrected chi connectivity index (χ3v) is 4.49. The number of nitrogens with zero attached hydrogens (tertiary/aromatic N) is 1. The molecule has 0 fully saturated rings. The molecule has 132 valence electrons. The predicted molar refractivity (Wildman–Crippen MR) is 90.4 cm³/mol. The zero-order chi connectivity index (χ0) is 18.7. The molecule has 6 nitrogen and oxygen atoms in total. The monoisotopic (exact) mass is 343 g/mol. The van der Waals surface area contributed by atoms with Gasteiger partial charge in [-0.05, 0) is 32.3 Å². The topological polar surface area (TPSA) is 96.6 Å². The molecule has 0 spiro atoms. The number of fused-ring (bicyclic) bond motifs is 1. The van der Waals surface area contributed by atoms with E-state index in [-0.39, 0.29) is 12.2 Å². The molecule has 2 rings (SSSR count). The smallest absolute Gasteiger partial charge is 0.340 e. The highest BCUT2D eigenvalue weighted by molar-refractivity contribution is 5.97. The molecule has 25 heavy (non-hydrogen) atoms. The van der Waals surface area contributed by atoms with Crippen LogP contribution in [-0.4, -0.2) is 24.2 Å². The molecule has 1 aliphatic heterocycles. The van der Waals surface area contributed by atoms with Crippen molar-refractivity contribution in [2.24, 2.45) is 5.92 Å². The average molecular weight is 343 g/mol. The number of nitriles is 1. The number of cyclic esters (lactones) is 1.